The van der Waals surface area contributed by atoms with Crippen LogP contribution in [-0.2, 0) is 10.0 Å². The summed E-state index contributed by atoms with van der Waals surface area (Å²) < 4.78 is 37.9. The molecule has 0 bridgehead atoms. The normalized spacial score (nSPS) is 12.3. The Labute approximate surface area is 160 Å². The maximum Gasteiger partial charge on any atom is 0.291 e. The molecule has 0 atom stereocenters. The summed E-state index contributed by atoms with van der Waals surface area (Å²) in [6, 6.07) is 7.90. The molecule has 0 saturated heterocycles. The molecule has 1 amide bonds. The van der Waals surface area contributed by atoms with Gasteiger partial charge in [-0.05, 0) is 77.4 Å². The Balaban J connectivity index is 2.15. The molecule has 0 aliphatic heterocycles. The van der Waals surface area contributed by atoms with E-state index in [1.807, 2.05) is 26.8 Å². The average molecular weight is 394 g/mol. The molecule has 2 rings (SSSR count). The third kappa shape index (κ3) is 5.83. The fourth-order valence-corrected chi connectivity index (χ4v) is 3.70. The lowest BCUT2D eigenvalue weighted by molar-refractivity contribution is 0.0991. The summed E-state index contributed by atoms with van der Waals surface area (Å²) in [5.74, 6) is 0.0826. The Morgan fingerprint density at radius 3 is 2.37 bits per heavy atom. The van der Waals surface area contributed by atoms with Gasteiger partial charge < -0.3 is 14.5 Å². The number of hydrogen-bond acceptors (Lipinski definition) is 5. The maximum absolute atomic E-state index is 12.4. The molecule has 0 unspecified atom stereocenters. The number of sulfonamides is 1. The van der Waals surface area contributed by atoms with E-state index in [4.69, 9.17) is 9.15 Å². The van der Waals surface area contributed by atoms with Crippen LogP contribution in [0.4, 0.5) is 5.69 Å². The predicted molar refractivity (Wildman–Crippen MR) is 104 cm³/mol. The zero-order chi connectivity index (χ0) is 20.4. The Kier molecular flexibility index (Phi) is 6.01. The SMILES string of the molecule is Cc1cc(OC(C)C)ccc1NC(=O)c1ccc(S(=O)(=O)NC(C)(C)C)o1. The lowest BCUT2D eigenvalue weighted by atomic mass is 10.1. The number of rotatable bonds is 6. The van der Waals surface area contributed by atoms with Gasteiger partial charge in [-0.15, -0.1) is 0 Å². The molecule has 2 N–H and O–H groups in total. The molecule has 0 saturated carbocycles. The molecule has 8 heteroatoms. The van der Waals surface area contributed by atoms with Crippen LogP contribution in [0.2, 0.25) is 0 Å². The number of aryl methyl sites for hydroxylation is 1. The molecule has 27 heavy (non-hydrogen) atoms. The van der Waals surface area contributed by atoms with Crippen molar-refractivity contribution in [2.75, 3.05) is 5.32 Å². The Bertz CT molecular complexity index is 924. The van der Waals surface area contributed by atoms with Gasteiger partial charge in [0, 0.05) is 11.2 Å². The first-order valence-electron chi connectivity index (χ1n) is 8.60. The minimum atomic E-state index is -3.84. The number of carbonyl (C=O) groups excluding carboxylic acids is 1. The van der Waals surface area contributed by atoms with Crippen LogP contribution in [0.15, 0.2) is 39.8 Å². The molecule has 0 radical (unpaired) electrons. The third-order valence-corrected chi connectivity index (χ3v) is 4.96. The standard InChI is InChI=1S/C19H26N2O5S/c1-12(2)25-14-7-8-15(13(3)11-14)20-18(22)16-9-10-17(26-16)27(23,24)21-19(4,5)6/h7-12,21H,1-6H3,(H,20,22). The van der Waals surface area contributed by atoms with Gasteiger partial charge in [-0.3, -0.25) is 4.79 Å². The molecule has 1 heterocycles. The zero-order valence-electron chi connectivity index (χ0n) is 16.4. The second kappa shape index (κ2) is 7.74. The highest BCUT2D eigenvalue weighted by molar-refractivity contribution is 7.89. The summed E-state index contributed by atoms with van der Waals surface area (Å²) in [5, 5.41) is 2.41. The van der Waals surface area contributed by atoms with Crippen LogP contribution in [0.1, 0.15) is 50.7 Å². The summed E-state index contributed by atoms with van der Waals surface area (Å²) in [7, 11) is -3.84. The zero-order valence-corrected chi connectivity index (χ0v) is 17.2. The maximum atomic E-state index is 12.4. The number of carbonyl (C=O) groups is 1. The van der Waals surface area contributed by atoms with Crippen molar-refractivity contribution in [2.24, 2.45) is 0 Å². The number of anilines is 1. The van der Waals surface area contributed by atoms with Crippen LogP contribution >= 0.6 is 0 Å². The van der Waals surface area contributed by atoms with E-state index in [0.29, 0.717) is 11.4 Å². The number of benzene rings is 1. The molecule has 7 nitrogen and oxygen atoms in total. The van der Waals surface area contributed by atoms with Crippen molar-refractivity contribution in [1.82, 2.24) is 4.72 Å². The molecule has 0 spiro atoms. The van der Waals surface area contributed by atoms with E-state index in [2.05, 4.69) is 10.0 Å². The van der Waals surface area contributed by atoms with E-state index in [9.17, 15) is 13.2 Å². The monoisotopic (exact) mass is 394 g/mol. The fraction of sp³-hybridized carbons (Fsp3) is 0.421. The highest BCUT2D eigenvalue weighted by Crippen LogP contribution is 2.23. The number of furan rings is 1. The van der Waals surface area contributed by atoms with Gasteiger partial charge in [0.15, 0.2) is 5.76 Å². The van der Waals surface area contributed by atoms with Crippen molar-refractivity contribution in [3.63, 3.8) is 0 Å². The first-order valence-corrected chi connectivity index (χ1v) is 10.1. The first kappa shape index (κ1) is 21.0. The predicted octanol–water partition coefficient (Wildman–Crippen LogP) is 3.70. The summed E-state index contributed by atoms with van der Waals surface area (Å²) in [5.41, 5.74) is 0.741. The number of ether oxygens (including phenoxy) is 1. The number of hydrogen-bond donors (Lipinski definition) is 2. The van der Waals surface area contributed by atoms with Crippen molar-refractivity contribution in [2.45, 2.75) is 58.3 Å². The summed E-state index contributed by atoms with van der Waals surface area (Å²) in [6.07, 6.45) is 0.0510. The molecule has 148 valence electrons. The van der Waals surface area contributed by atoms with Crippen LogP contribution in [0.5, 0.6) is 5.75 Å². The molecule has 1 aromatic heterocycles. The minimum absolute atomic E-state index is 0.0510. The van der Waals surface area contributed by atoms with Gasteiger partial charge in [0.25, 0.3) is 15.9 Å². The van der Waals surface area contributed by atoms with Crippen molar-refractivity contribution in [3.8, 4) is 5.75 Å². The third-order valence-electron chi connectivity index (χ3n) is 3.33. The van der Waals surface area contributed by atoms with E-state index in [-0.39, 0.29) is 17.0 Å². The van der Waals surface area contributed by atoms with Crippen LogP contribution in [-0.4, -0.2) is 26.0 Å². The van der Waals surface area contributed by atoms with E-state index in [0.717, 1.165) is 5.56 Å². The summed E-state index contributed by atoms with van der Waals surface area (Å²) >= 11 is 0. The van der Waals surface area contributed by atoms with Crippen molar-refractivity contribution in [3.05, 3.63) is 41.7 Å². The molecule has 0 fully saturated rings. The van der Waals surface area contributed by atoms with Gasteiger partial charge in [-0.2, -0.15) is 0 Å². The molecular formula is C19H26N2O5S. The molecule has 0 aliphatic rings. The van der Waals surface area contributed by atoms with Crippen LogP contribution in [0, 0.1) is 6.92 Å². The smallest absolute Gasteiger partial charge is 0.291 e. The second-order valence-electron chi connectivity index (χ2n) is 7.57. The Hall–Kier alpha value is -2.32. The first-order chi connectivity index (χ1) is 12.4. The Morgan fingerprint density at radius 2 is 1.81 bits per heavy atom. The van der Waals surface area contributed by atoms with E-state index in [1.165, 1.54) is 12.1 Å². The van der Waals surface area contributed by atoms with Gasteiger partial charge in [0.2, 0.25) is 5.09 Å². The van der Waals surface area contributed by atoms with Crippen LogP contribution in [0.3, 0.4) is 0 Å². The lowest BCUT2D eigenvalue weighted by Gasteiger charge is -2.19. The van der Waals surface area contributed by atoms with Gasteiger partial charge >= 0.3 is 0 Å². The van der Waals surface area contributed by atoms with E-state index < -0.39 is 21.5 Å². The molecule has 1 aromatic carbocycles. The largest absolute Gasteiger partial charge is 0.491 e. The molecule has 2 aromatic rings. The highest BCUT2D eigenvalue weighted by Gasteiger charge is 2.26. The molecule has 0 aliphatic carbocycles. The van der Waals surface area contributed by atoms with E-state index >= 15 is 0 Å². The van der Waals surface area contributed by atoms with Gasteiger partial charge in [-0.1, -0.05) is 0 Å². The number of nitrogens with one attached hydrogen (secondary N) is 2. The highest BCUT2D eigenvalue weighted by atomic mass is 32.2. The van der Waals surface area contributed by atoms with Crippen molar-refractivity contribution < 1.29 is 22.4 Å². The summed E-state index contributed by atoms with van der Waals surface area (Å²) in [6.45, 7) is 10.9. The summed E-state index contributed by atoms with van der Waals surface area (Å²) in [4.78, 5) is 12.4. The minimum Gasteiger partial charge on any atom is -0.491 e. The lowest BCUT2D eigenvalue weighted by Crippen LogP contribution is -2.40. The van der Waals surface area contributed by atoms with E-state index in [1.54, 1.807) is 32.9 Å². The Morgan fingerprint density at radius 1 is 1.15 bits per heavy atom. The van der Waals surface area contributed by atoms with Gasteiger partial charge in [-0.25, -0.2) is 13.1 Å². The topological polar surface area (TPSA) is 97.6 Å². The number of amides is 1. The molecular weight excluding hydrogens is 368 g/mol. The van der Waals surface area contributed by atoms with Crippen molar-refractivity contribution >= 4 is 21.6 Å². The van der Waals surface area contributed by atoms with Crippen LogP contribution < -0.4 is 14.8 Å². The average Bonchev–Trinajstić information content (AvgIpc) is 2.98. The van der Waals surface area contributed by atoms with Gasteiger partial charge in [0.1, 0.15) is 5.75 Å². The van der Waals surface area contributed by atoms with Crippen molar-refractivity contribution in [1.29, 1.82) is 0 Å². The van der Waals surface area contributed by atoms with Crippen LogP contribution in [0.25, 0.3) is 0 Å². The second-order valence-corrected chi connectivity index (χ2v) is 9.19. The fourth-order valence-electron chi connectivity index (χ4n) is 2.35. The quantitative estimate of drug-likeness (QED) is 0.778. The van der Waals surface area contributed by atoms with Gasteiger partial charge in [0.05, 0.1) is 6.10 Å².